The number of nitrogens with zero attached hydrogens (tertiary/aromatic N) is 1. The number of ketones is 1. The van der Waals surface area contributed by atoms with Crippen LogP contribution in [-0.4, -0.2) is 34.9 Å². The summed E-state index contributed by atoms with van der Waals surface area (Å²) in [5, 5.41) is 27.3. The van der Waals surface area contributed by atoms with Crippen molar-refractivity contribution < 1.29 is 29.0 Å². The van der Waals surface area contributed by atoms with Gasteiger partial charge in [0.15, 0.2) is 28.8 Å². The summed E-state index contributed by atoms with van der Waals surface area (Å²) in [7, 11) is 1.60. The molecule has 8 nitrogen and oxygen atoms in total. The molecule has 0 amide bonds. The van der Waals surface area contributed by atoms with Gasteiger partial charge in [0.1, 0.15) is 0 Å². The molecule has 34 heavy (non-hydrogen) atoms. The van der Waals surface area contributed by atoms with Crippen molar-refractivity contribution in [3.05, 3.63) is 70.1 Å². The number of hydrogen-bond acceptors (Lipinski definition) is 8. The molecule has 0 saturated heterocycles. The maximum absolute atomic E-state index is 13.6. The molecule has 0 spiro atoms. The van der Waals surface area contributed by atoms with Gasteiger partial charge in [-0.25, -0.2) is 0 Å². The van der Waals surface area contributed by atoms with E-state index in [1.54, 1.807) is 13.2 Å². The molecule has 5 rings (SSSR count). The Morgan fingerprint density at radius 3 is 2.62 bits per heavy atom. The van der Waals surface area contributed by atoms with E-state index in [0.29, 0.717) is 53.7 Å². The first-order valence-corrected chi connectivity index (χ1v) is 11.2. The summed E-state index contributed by atoms with van der Waals surface area (Å²) in [5.74, 6) is 0.844. The zero-order chi connectivity index (χ0) is 24.0. The number of phenols is 2. The van der Waals surface area contributed by atoms with Crippen molar-refractivity contribution in [3.8, 4) is 23.0 Å². The number of ether oxygens (including phenoxy) is 2. The van der Waals surface area contributed by atoms with Gasteiger partial charge in [-0.1, -0.05) is 17.3 Å². The summed E-state index contributed by atoms with van der Waals surface area (Å²) in [5.41, 5.74) is 4.51. The van der Waals surface area contributed by atoms with E-state index < -0.39 is 5.92 Å². The summed E-state index contributed by atoms with van der Waals surface area (Å²) < 4.78 is 16.7. The van der Waals surface area contributed by atoms with Crippen LogP contribution in [0, 0.1) is 6.92 Å². The van der Waals surface area contributed by atoms with Crippen LogP contribution in [0.5, 0.6) is 23.0 Å². The van der Waals surface area contributed by atoms with E-state index in [9.17, 15) is 15.0 Å². The molecule has 2 atom stereocenters. The smallest absolute Gasteiger partial charge is 0.233 e. The van der Waals surface area contributed by atoms with Crippen molar-refractivity contribution in [2.45, 2.75) is 38.5 Å². The van der Waals surface area contributed by atoms with Gasteiger partial charge in [0.05, 0.1) is 25.0 Å². The van der Waals surface area contributed by atoms with Gasteiger partial charge in [-0.3, -0.25) is 4.79 Å². The second-order valence-corrected chi connectivity index (χ2v) is 8.58. The minimum absolute atomic E-state index is 0.00964. The summed E-state index contributed by atoms with van der Waals surface area (Å²) >= 11 is 0. The number of benzene rings is 2. The van der Waals surface area contributed by atoms with E-state index in [1.807, 2.05) is 32.0 Å². The molecule has 2 aliphatic rings. The highest BCUT2D eigenvalue weighted by atomic mass is 16.5. The minimum Gasteiger partial charge on any atom is -0.504 e. The highest BCUT2D eigenvalue weighted by Gasteiger charge is 2.41. The van der Waals surface area contributed by atoms with Crippen LogP contribution in [0.15, 0.2) is 52.2 Å². The lowest BCUT2D eigenvalue weighted by atomic mass is 9.72. The van der Waals surface area contributed by atoms with E-state index >= 15 is 0 Å². The standard InChI is InChI=1S/C26H26N2O6/c1-4-33-21-8-6-14(12-22(21)32-3)16-9-17-25(20(31)11-16)24(15-5-7-18(29)19(30)10-15)23-13(2)28-34-26(23)27-17/h5-8,10,12,16,24,27,29-30H,4,9,11H2,1-3H3. The zero-order valence-corrected chi connectivity index (χ0v) is 19.2. The van der Waals surface area contributed by atoms with Gasteiger partial charge >= 0.3 is 0 Å². The van der Waals surface area contributed by atoms with Crippen molar-refractivity contribution in [1.82, 2.24) is 5.16 Å². The predicted octanol–water partition coefficient (Wildman–Crippen LogP) is 4.76. The molecule has 0 bridgehead atoms. The normalized spacial score (nSPS) is 19.3. The molecule has 3 aromatic rings. The minimum atomic E-state index is -0.452. The maximum Gasteiger partial charge on any atom is 0.233 e. The fraction of sp³-hybridized carbons (Fsp3) is 0.308. The molecule has 2 heterocycles. The molecule has 0 radical (unpaired) electrons. The summed E-state index contributed by atoms with van der Waals surface area (Å²) in [6, 6.07) is 10.4. The molecule has 1 aliphatic heterocycles. The quantitative estimate of drug-likeness (QED) is 0.465. The Bertz CT molecular complexity index is 1310. The number of carbonyl (C=O) groups excluding carboxylic acids is 1. The Morgan fingerprint density at radius 2 is 1.88 bits per heavy atom. The van der Waals surface area contributed by atoms with Crippen molar-refractivity contribution in [3.63, 3.8) is 0 Å². The first kappa shape index (κ1) is 21.9. The maximum atomic E-state index is 13.6. The lowest BCUT2D eigenvalue weighted by Crippen LogP contribution is -2.29. The van der Waals surface area contributed by atoms with Crippen molar-refractivity contribution in [2.24, 2.45) is 0 Å². The van der Waals surface area contributed by atoms with Crippen molar-refractivity contribution in [2.75, 3.05) is 19.0 Å². The highest BCUT2D eigenvalue weighted by molar-refractivity contribution is 6.01. The van der Waals surface area contributed by atoms with E-state index in [2.05, 4.69) is 10.5 Å². The topological polar surface area (TPSA) is 114 Å². The Labute approximate surface area is 196 Å². The molecule has 8 heteroatoms. The van der Waals surface area contributed by atoms with Crippen LogP contribution in [0.25, 0.3) is 0 Å². The van der Waals surface area contributed by atoms with Crippen LogP contribution in [0.1, 0.15) is 54.0 Å². The molecule has 176 valence electrons. The SMILES string of the molecule is CCOc1ccc(C2CC(=O)C3=C(C2)Nc2onc(C)c2C3c2ccc(O)c(O)c2)cc1OC. The second kappa shape index (κ2) is 8.44. The van der Waals surface area contributed by atoms with Gasteiger partial charge in [-0.05, 0) is 61.6 Å². The number of Topliss-reactive ketones (excluding diaryl/α,β-unsaturated/α-hetero) is 1. The zero-order valence-electron chi connectivity index (χ0n) is 19.2. The lowest BCUT2D eigenvalue weighted by molar-refractivity contribution is -0.116. The van der Waals surface area contributed by atoms with Crippen molar-refractivity contribution >= 4 is 11.7 Å². The van der Waals surface area contributed by atoms with Crippen LogP contribution in [0.3, 0.4) is 0 Å². The number of allylic oxidation sites excluding steroid dienone is 2. The van der Waals surface area contributed by atoms with Gasteiger partial charge in [-0.15, -0.1) is 0 Å². The molecule has 2 unspecified atom stereocenters. The molecule has 1 aliphatic carbocycles. The predicted molar refractivity (Wildman–Crippen MR) is 125 cm³/mol. The monoisotopic (exact) mass is 462 g/mol. The number of aromatic hydroxyl groups is 2. The van der Waals surface area contributed by atoms with Gasteiger partial charge in [0.2, 0.25) is 5.88 Å². The third kappa shape index (κ3) is 3.55. The van der Waals surface area contributed by atoms with Crippen molar-refractivity contribution in [1.29, 1.82) is 0 Å². The largest absolute Gasteiger partial charge is 0.504 e. The van der Waals surface area contributed by atoms with E-state index in [0.717, 1.165) is 16.8 Å². The Hall–Kier alpha value is -3.94. The van der Waals surface area contributed by atoms with Crippen LogP contribution in [0.2, 0.25) is 0 Å². The van der Waals surface area contributed by atoms with Gasteiger partial charge in [0.25, 0.3) is 0 Å². The van der Waals surface area contributed by atoms with E-state index in [1.165, 1.54) is 12.1 Å². The number of anilines is 1. The fourth-order valence-corrected chi connectivity index (χ4v) is 4.97. The summed E-state index contributed by atoms with van der Waals surface area (Å²) in [4.78, 5) is 13.6. The number of nitrogens with one attached hydrogen (secondary N) is 1. The molecular formula is C26H26N2O6. The molecule has 0 saturated carbocycles. The molecule has 0 fully saturated rings. The number of phenolic OH excluding ortho intramolecular Hbond substituents is 2. The summed E-state index contributed by atoms with van der Waals surface area (Å²) in [6.45, 7) is 4.27. The van der Waals surface area contributed by atoms with Crippen LogP contribution < -0.4 is 14.8 Å². The van der Waals surface area contributed by atoms with Gasteiger partial charge < -0.3 is 29.5 Å². The Balaban J connectivity index is 1.56. The van der Waals surface area contributed by atoms with E-state index in [-0.39, 0.29) is 23.2 Å². The number of fused-ring (bicyclic) bond motifs is 1. The number of hydrogen-bond donors (Lipinski definition) is 3. The fourth-order valence-electron chi connectivity index (χ4n) is 4.97. The number of carbonyl (C=O) groups is 1. The second-order valence-electron chi connectivity index (χ2n) is 8.58. The first-order valence-electron chi connectivity index (χ1n) is 11.2. The Morgan fingerprint density at radius 1 is 1.09 bits per heavy atom. The number of rotatable bonds is 5. The number of aryl methyl sites for hydroxylation is 1. The third-order valence-electron chi connectivity index (χ3n) is 6.55. The average Bonchev–Trinajstić information content (AvgIpc) is 3.20. The Kier molecular flexibility index (Phi) is 5.43. The van der Waals surface area contributed by atoms with Crippen LogP contribution in [-0.2, 0) is 4.79 Å². The third-order valence-corrected chi connectivity index (χ3v) is 6.55. The van der Waals surface area contributed by atoms with Gasteiger partial charge in [0, 0.05) is 23.6 Å². The average molecular weight is 463 g/mol. The van der Waals surface area contributed by atoms with E-state index in [4.69, 9.17) is 14.0 Å². The molecule has 2 aromatic carbocycles. The lowest BCUT2D eigenvalue weighted by Gasteiger charge is -2.34. The number of methoxy groups -OCH3 is 1. The number of aromatic nitrogens is 1. The van der Waals surface area contributed by atoms with Crippen LogP contribution in [0.4, 0.5) is 5.88 Å². The highest BCUT2D eigenvalue weighted by Crippen LogP contribution is 2.50. The summed E-state index contributed by atoms with van der Waals surface area (Å²) in [6.07, 6.45) is 0.926. The van der Waals surface area contributed by atoms with Crippen LogP contribution >= 0.6 is 0 Å². The molecular weight excluding hydrogens is 436 g/mol. The molecule has 1 aromatic heterocycles. The molecule has 3 N–H and O–H groups in total. The van der Waals surface area contributed by atoms with Gasteiger partial charge in [-0.2, -0.15) is 0 Å². The first-order chi connectivity index (χ1) is 16.4.